The highest BCUT2D eigenvalue weighted by molar-refractivity contribution is 6.30. The minimum Gasteiger partial charge on any atom is -0.465 e. The third-order valence-electron chi connectivity index (χ3n) is 2.68. The molecule has 0 aliphatic carbocycles. The molecular formula is C15H12ClNO4. The summed E-state index contributed by atoms with van der Waals surface area (Å²) in [5.41, 5.74) is 1.33. The Balaban J connectivity index is 1.97. The monoisotopic (exact) mass is 305 g/mol. The number of hydrogen-bond donors (Lipinski definition) is 0. The maximum Gasteiger partial charge on any atom is 0.357 e. The molecule has 1 aromatic carbocycles. The Morgan fingerprint density at radius 2 is 1.86 bits per heavy atom. The molecule has 0 atom stereocenters. The highest BCUT2D eigenvalue weighted by atomic mass is 35.5. The molecule has 0 saturated heterocycles. The number of benzene rings is 1. The van der Waals surface area contributed by atoms with Gasteiger partial charge in [-0.1, -0.05) is 23.7 Å². The van der Waals surface area contributed by atoms with Crippen LogP contribution in [-0.2, 0) is 16.1 Å². The van der Waals surface area contributed by atoms with Crippen LogP contribution >= 0.6 is 11.6 Å². The zero-order valence-corrected chi connectivity index (χ0v) is 12.0. The van der Waals surface area contributed by atoms with Crippen LogP contribution in [0.2, 0.25) is 5.02 Å². The Hall–Kier alpha value is -2.40. The van der Waals surface area contributed by atoms with E-state index in [2.05, 4.69) is 9.72 Å². The Kier molecular flexibility index (Phi) is 4.90. The van der Waals surface area contributed by atoms with Crippen LogP contribution in [0.15, 0.2) is 42.6 Å². The van der Waals surface area contributed by atoms with Gasteiger partial charge in [0.25, 0.3) is 0 Å². The summed E-state index contributed by atoms with van der Waals surface area (Å²) in [6, 6.07) is 9.59. The Labute approximate surface area is 126 Å². The van der Waals surface area contributed by atoms with Crippen LogP contribution in [-0.4, -0.2) is 24.0 Å². The van der Waals surface area contributed by atoms with Crippen molar-refractivity contribution in [3.63, 3.8) is 0 Å². The quantitative estimate of drug-likeness (QED) is 0.813. The molecule has 0 aliphatic heterocycles. The topological polar surface area (TPSA) is 65.5 Å². The number of ether oxygens (including phenoxy) is 2. The van der Waals surface area contributed by atoms with Crippen LogP contribution in [0, 0.1) is 0 Å². The molecule has 2 rings (SSSR count). The summed E-state index contributed by atoms with van der Waals surface area (Å²) in [6.45, 7) is 0.0779. The molecule has 6 heteroatoms. The van der Waals surface area contributed by atoms with E-state index in [9.17, 15) is 9.59 Å². The fourth-order valence-corrected chi connectivity index (χ4v) is 1.75. The van der Waals surface area contributed by atoms with Gasteiger partial charge in [0.15, 0.2) is 0 Å². The number of carbonyl (C=O) groups is 2. The molecule has 0 aliphatic rings. The maximum atomic E-state index is 11.8. The van der Waals surface area contributed by atoms with Crippen molar-refractivity contribution in [3.8, 4) is 0 Å². The zero-order chi connectivity index (χ0) is 15.2. The number of rotatable bonds is 4. The molecule has 0 spiro atoms. The predicted octanol–water partition coefficient (Wildman–Crippen LogP) is 2.88. The zero-order valence-electron chi connectivity index (χ0n) is 11.2. The molecule has 1 heterocycles. The second kappa shape index (κ2) is 6.85. The van der Waals surface area contributed by atoms with E-state index in [-0.39, 0.29) is 12.3 Å². The number of halogens is 1. The third kappa shape index (κ3) is 4.03. The first-order valence-corrected chi connectivity index (χ1v) is 6.44. The molecule has 0 N–H and O–H groups in total. The molecule has 0 fully saturated rings. The van der Waals surface area contributed by atoms with Gasteiger partial charge >= 0.3 is 11.9 Å². The first-order valence-electron chi connectivity index (χ1n) is 6.06. The maximum absolute atomic E-state index is 11.8. The SMILES string of the molecule is COC(=O)c1ccc(COC(=O)c2cc(Cl)ccn2)cc1. The van der Waals surface area contributed by atoms with Crippen molar-refractivity contribution in [2.75, 3.05) is 7.11 Å². The summed E-state index contributed by atoms with van der Waals surface area (Å²) >= 11 is 5.78. The van der Waals surface area contributed by atoms with Crippen LogP contribution in [0.4, 0.5) is 0 Å². The Morgan fingerprint density at radius 3 is 2.48 bits per heavy atom. The van der Waals surface area contributed by atoms with Gasteiger partial charge in [-0.05, 0) is 29.8 Å². The van der Waals surface area contributed by atoms with Gasteiger partial charge in [-0.2, -0.15) is 0 Å². The highest BCUT2D eigenvalue weighted by Gasteiger charge is 2.10. The van der Waals surface area contributed by atoms with Gasteiger partial charge in [0.2, 0.25) is 0 Å². The van der Waals surface area contributed by atoms with Crippen molar-refractivity contribution in [2.45, 2.75) is 6.61 Å². The second-order valence-electron chi connectivity index (χ2n) is 4.12. The largest absolute Gasteiger partial charge is 0.465 e. The molecule has 0 bridgehead atoms. The Bertz CT molecular complexity index is 655. The molecule has 1 aromatic heterocycles. The number of esters is 2. The predicted molar refractivity (Wildman–Crippen MR) is 76.1 cm³/mol. The summed E-state index contributed by atoms with van der Waals surface area (Å²) in [4.78, 5) is 26.9. The van der Waals surface area contributed by atoms with Crippen molar-refractivity contribution in [1.82, 2.24) is 4.98 Å². The molecule has 21 heavy (non-hydrogen) atoms. The van der Waals surface area contributed by atoms with Crippen LogP contribution < -0.4 is 0 Å². The van der Waals surface area contributed by atoms with E-state index in [1.54, 1.807) is 30.3 Å². The fraction of sp³-hybridized carbons (Fsp3) is 0.133. The van der Waals surface area contributed by atoms with E-state index in [1.165, 1.54) is 19.4 Å². The second-order valence-corrected chi connectivity index (χ2v) is 4.56. The van der Waals surface area contributed by atoms with E-state index in [1.807, 2.05) is 0 Å². The van der Waals surface area contributed by atoms with Gasteiger partial charge in [-0.15, -0.1) is 0 Å². The highest BCUT2D eigenvalue weighted by Crippen LogP contribution is 2.11. The molecule has 0 amide bonds. The van der Waals surface area contributed by atoms with Crippen molar-refractivity contribution >= 4 is 23.5 Å². The lowest BCUT2D eigenvalue weighted by molar-refractivity contribution is 0.0464. The number of aromatic nitrogens is 1. The minimum atomic E-state index is -0.561. The fourth-order valence-electron chi connectivity index (χ4n) is 1.59. The van der Waals surface area contributed by atoms with Crippen molar-refractivity contribution in [3.05, 3.63) is 64.4 Å². The average molecular weight is 306 g/mol. The van der Waals surface area contributed by atoms with Gasteiger partial charge < -0.3 is 9.47 Å². The number of methoxy groups -OCH3 is 1. The van der Waals surface area contributed by atoms with Gasteiger partial charge in [0.1, 0.15) is 12.3 Å². The van der Waals surface area contributed by atoms with E-state index in [4.69, 9.17) is 16.3 Å². The van der Waals surface area contributed by atoms with Gasteiger partial charge in [0, 0.05) is 11.2 Å². The van der Waals surface area contributed by atoms with Crippen molar-refractivity contribution < 1.29 is 19.1 Å². The van der Waals surface area contributed by atoms with Crippen LogP contribution in [0.1, 0.15) is 26.4 Å². The lowest BCUT2D eigenvalue weighted by Gasteiger charge is -2.05. The van der Waals surface area contributed by atoms with E-state index in [0.717, 1.165) is 5.56 Å². The van der Waals surface area contributed by atoms with Gasteiger partial charge in [-0.3, -0.25) is 0 Å². The molecule has 108 valence electrons. The van der Waals surface area contributed by atoms with Crippen LogP contribution in [0.25, 0.3) is 0 Å². The average Bonchev–Trinajstić information content (AvgIpc) is 2.52. The minimum absolute atomic E-state index is 0.0779. The molecule has 0 saturated carbocycles. The number of hydrogen-bond acceptors (Lipinski definition) is 5. The molecule has 0 radical (unpaired) electrons. The first kappa shape index (κ1) is 15.0. The van der Waals surface area contributed by atoms with Crippen molar-refractivity contribution in [1.29, 1.82) is 0 Å². The van der Waals surface area contributed by atoms with Crippen LogP contribution in [0.5, 0.6) is 0 Å². The molecule has 5 nitrogen and oxygen atoms in total. The molecule has 0 unspecified atom stereocenters. The molecule has 2 aromatic rings. The summed E-state index contributed by atoms with van der Waals surface area (Å²) in [6.07, 6.45) is 1.43. The van der Waals surface area contributed by atoms with Crippen LogP contribution in [0.3, 0.4) is 0 Å². The lowest BCUT2D eigenvalue weighted by atomic mass is 10.1. The summed E-state index contributed by atoms with van der Waals surface area (Å²) in [5, 5.41) is 0.416. The molecular weight excluding hydrogens is 294 g/mol. The van der Waals surface area contributed by atoms with E-state index in [0.29, 0.717) is 10.6 Å². The first-order chi connectivity index (χ1) is 10.1. The van der Waals surface area contributed by atoms with Crippen molar-refractivity contribution in [2.24, 2.45) is 0 Å². The number of carbonyl (C=O) groups excluding carboxylic acids is 2. The summed E-state index contributed by atoms with van der Waals surface area (Å²) < 4.78 is 9.72. The summed E-state index contributed by atoms with van der Waals surface area (Å²) in [5.74, 6) is -0.976. The third-order valence-corrected chi connectivity index (χ3v) is 2.91. The summed E-state index contributed by atoms with van der Waals surface area (Å²) in [7, 11) is 1.32. The number of nitrogens with zero attached hydrogens (tertiary/aromatic N) is 1. The van der Waals surface area contributed by atoms with E-state index >= 15 is 0 Å². The van der Waals surface area contributed by atoms with E-state index < -0.39 is 11.9 Å². The van der Waals surface area contributed by atoms with Gasteiger partial charge in [-0.25, -0.2) is 14.6 Å². The Morgan fingerprint density at radius 1 is 1.14 bits per heavy atom. The lowest BCUT2D eigenvalue weighted by Crippen LogP contribution is -2.07. The normalized spacial score (nSPS) is 10.0. The standard InChI is InChI=1S/C15H12ClNO4/c1-20-14(18)11-4-2-10(3-5-11)9-21-15(19)13-8-12(16)6-7-17-13/h2-8H,9H2,1H3. The smallest absolute Gasteiger partial charge is 0.357 e. The van der Waals surface area contributed by atoms with Gasteiger partial charge in [0.05, 0.1) is 12.7 Å². The number of pyridine rings is 1.